The van der Waals surface area contributed by atoms with Crippen LogP contribution in [0.15, 0.2) is 0 Å². The molecule has 0 bridgehead atoms. The Labute approximate surface area is 76.5 Å². The minimum Gasteiger partial charge on any atom is -0.378 e. The second-order valence-corrected chi connectivity index (χ2v) is 3.90. The van der Waals surface area contributed by atoms with Crippen molar-refractivity contribution in [3.63, 3.8) is 0 Å². The van der Waals surface area contributed by atoms with E-state index in [0.717, 1.165) is 12.5 Å². The van der Waals surface area contributed by atoms with Crippen LogP contribution in [0.1, 0.15) is 46.5 Å². The molecule has 0 aromatic rings. The van der Waals surface area contributed by atoms with Gasteiger partial charge in [-0.05, 0) is 24.7 Å². The summed E-state index contributed by atoms with van der Waals surface area (Å²) in [6.45, 7) is 7.74. The molecule has 1 aliphatic heterocycles. The van der Waals surface area contributed by atoms with Crippen molar-refractivity contribution in [1.29, 1.82) is 0 Å². The monoisotopic (exact) mass is 169 g/mol. The Morgan fingerprint density at radius 3 is 2.58 bits per heavy atom. The number of rotatable bonds is 3. The van der Waals surface area contributed by atoms with Crippen LogP contribution in [0.4, 0.5) is 0 Å². The van der Waals surface area contributed by atoms with Crippen molar-refractivity contribution in [1.82, 2.24) is 0 Å². The van der Waals surface area contributed by atoms with Crippen LogP contribution in [0.2, 0.25) is 0 Å². The lowest BCUT2D eigenvalue weighted by Crippen LogP contribution is -2.30. The molecule has 1 aliphatic rings. The highest BCUT2D eigenvalue weighted by atomic mass is 16.5. The Morgan fingerprint density at radius 1 is 1.42 bits per heavy atom. The van der Waals surface area contributed by atoms with Crippen molar-refractivity contribution >= 4 is 0 Å². The first-order chi connectivity index (χ1) is 5.77. The third kappa shape index (κ3) is 2.48. The van der Waals surface area contributed by atoms with Crippen LogP contribution in [0.5, 0.6) is 0 Å². The molecule has 12 heavy (non-hydrogen) atoms. The lowest BCUT2D eigenvalue weighted by Gasteiger charge is -2.32. The SMILES string of the molecule is CCC(CC)C1C[C](C)CCO1. The van der Waals surface area contributed by atoms with Crippen molar-refractivity contribution < 1.29 is 4.74 Å². The fraction of sp³-hybridized carbons (Fsp3) is 0.909. The molecule has 1 atom stereocenters. The molecule has 71 valence electrons. The highest BCUT2D eigenvalue weighted by Gasteiger charge is 2.25. The van der Waals surface area contributed by atoms with Crippen LogP contribution >= 0.6 is 0 Å². The second-order valence-electron chi connectivity index (χ2n) is 3.90. The third-order valence-corrected chi connectivity index (χ3v) is 2.98. The molecule has 0 amide bonds. The van der Waals surface area contributed by atoms with E-state index in [4.69, 9.17) is 4.74 Å². The first-order valence-corrected chi connectivity index (χ1v) is 5.20. The maximum Gasteiger partial charge on any atom is 0.0608 e. The first kappa shape index (κ1) is 10.0. The summed E-state index contributed by atoms with van der Waals surface area (Å²) in [7, 11) is 0. The van der Waals surface area contributed by atoms with Gasteiger partial charge in [-0.3, -0.25) is 0 Å². The van der Waals surface area contributed by atoms with Gasteiger partial charge in [0.2, 0.25) is 0 Å². The molecule has 1 heteroatoms. The highest BCUT2D eigenvalue weighted by Crippen LogP contribution is 2.28. The molecule has 1 heterocycles. The highest BCUT2D eigenvalue weighted by molar-refractivity contribution is 4.92. The maximum atomic E-state index is 5.77. The Hall–Kier alpha value is -0.0400. The molecule has 1 rings (SSSR count). The average Bonchev–Trinajstić information content (AvgIpc) is 2.07. The van der Waals surface area contributed by atoms with Gasteiger partial charge in [0.25, 0.3) is 0 Å². The summed E-state index contributed by atoms with van der Waals surface area (Å²) < 4.78 is 5.77. The van der Waals surface area contributed by atoms with Crippen LogP contribution in [0.3, 0.4) is 0 Å². The Balaban J connectivity index is 2.38. The molecule has 0 N–H and O–H groups in total. The zero-order valence-corrected chi connectivity index (χ0v) is 8.60. The van der Waals surface area contributed by atoms with Crippen molar-refractivity contribution in [2.45, 2.75) is 52.6 Å². The minimum atomic E-state index is 0.522. The van der Waals surface area contributed by atoms with Crippen molar-refractivity contribution in [3.8, 4) is 0 Å². The Kier molecular flexibility index (Phi) is 4.07. The summed E-state index contributed by atoms with van der Waals surface area (Å²) in [4.78, 5) is 0. The number of ether oxygens (including phenoxy) is 1. The van der Waals surface area contributed by atoms with E-state index in [0.29, 0.717) is 6.10 Å². The van der Waals surface area contributed by atoms with Gasteiger partial charge in [-0.15, -0.1) is 0 Å². The molecule has 0 aliphatic carbocycles. The lowest BCUT2D eigenvalue weighted by atomic mass is 9.87. The van der Waals surface area contributed by atoms with Crippen molar-refractivity contribution in [3.05, 3.63) is 5.92 Å². The fourth-order valence-electron chi connectivity index (χ4n) is 2.01. The van der Waals surface area contributed by atoms with Crippen LogP contribution in [-0.4, -0.2) is 12.7 Å². The van der Waals surface area contributed by atoms with E-state index in [1.54, 1.807) is 5.92 Å². The van der Waals surface area contributed by atoms with Crippen LogP contribution in [-0.2, 0) is 4.74 Å². The van der Waals surface area contributed by atoms with Crippen molar-refractivity contribution in [2.75, 3.05) is 6.61 Å². The van der Waals surface area contributed by atoms with Gasteiger partial charge < -0.3 is 4.74 Å². The Morgan fingerprint density at radius 2 is 2.08 bits per heavy atom. The van der Waals surface area contributed by atoms with Crippen LogP contribution in [0.25, 0.3) is 0 Å². The zero-order valence-electron chi connectivity index (χ0n) is 8.60. The summed E-state index contributed by atoms with van der Waals surface area (Å²) in [5.74, 6) is 2.40. The van der Waals surface area contributed by atoms with E-state index in [-0.39, 0.29) is 0 Å². The summed E-state index contributed by atoms with van der Waals surface area (Å²) in [5.41, 5.74) is 0. The largest absolute Gasteiger partial charge is 0.378 e. The van der Waals surface area contributed by atoms with Gasteiger partial charge in [-0.2, -0.15) is 0 Å². The average molecular weight is 169 g/mol. The molecule has 0 spiro atoms. The van der Waals surface area contributed by atoms with Gasteiger partial charge in [0, 0.05) is 6.61 Å². The molecule has 0 aromatic heterocycles. The van der Waals surface area contributed by atoms with E-state index < -0.39 is 0 Å². The molecule has 1 unspecified atom stereocenters. The topological polar surface area (TPSA) is 9.23 Å². The maximum absolute atomic E-state index is 5.77. The molecule has 1 fully saturated rings. The van der Waals surface area contributed by atoms with Gasteiger partial charge in [0.1, 0.15) is 0 Å². The number of hydrogen-bond acceptors (Lipinski definition) is 1. The normalized spacial score (nSPS) is 26.5. The molecule has 1 radical (unpaired) electrons. The Bertz CT molecular complexity index is 118. The van der Waals surface area contributed by atoms with Gasteiger partial charge in [-0.1, -0.05) is 33.6 Å². The van der Waals surface area contributed by atoms with Gasteiger partial charge >= 0.3 is 0 Å². The summed E-state index contributed by atoms with van der Waals surface area (Å²) in [6.07, 6.45) is 5.42. The van der Waals surface area contributed by atoms with Gasteiger partial charge in [0.05, 0.1) is 6.10 Å². The smallest absolute Gasteiger partial charge is 0.0608 e. The minimum absolute atomic E-state index is 0.522. The number of hydrogen-bond donors (Lipinski definition) is 0. The second kappa shape index (κ2) is 4.86. The quantitative estimate of drug-likeness (QED) is 0.630. The van der Waals surface area contributed by atoms with Crippen molar-refractivity contribution in [2.24, 2.45) is 5.92 Å². The summed E-state index contributed by atoms with van der Waals surface area (Å²) >= 11 is 0. The zero-order chi connectivity index (χ0) is 8.97. The van der Waals surface area contributed by atoms with Crippen LogP contribution in [0, 0.1) is 11.8 Å². The first-order valence-electron chi connectivity index (χ1n) is 5.20. The van der Waals surface area contributed by atoms with E-state index >= 15 is 0 Å². The molecular weight excluding hydrogens is 148 g/mol. The van der Waals surface area contributed by atoms with Gasteiger partial charge in [-0.25, -0.2) is 0 Å². The molecular formula is C11H21O. The summed E-state index contributed by atoms with van der Waals surface area (Å²) in [6, 6.07) is 0. The van der Waals surface area contributed by atoms with E-state index in [1.165, 1.54) is 25.7 Å². The standard InChI is InChI=1S/C11H21O/c1-4-10(5-2)11-8-9(3)6-7-12-11/h10-11H,4-8H2,1-3H3. The van der Waals surface area contributed by atoms with E-state index in [2.05, 4.69) is 20.8 Å². The van der Waals surface area contributed by atoms with Gasteiger partial charge in [0.15, 0.2) is 0 Å². The molecule has 0 aromatic carbocycles. The van der Waals surface area contributed by atoms with E-state index in [1.807, 2.05) is 0 Å². The molecule has 0 saturated carbocycles. The predicted octanol–water partition coefficient (Wildman–Crippen LogP) is 3.20. The lowest BCUT2D eigenvalue weighted by molar-refractivity contribution is -0.0143. The molecule has 1 saturated heterocycles. The van der Waals surface area contributed by atoms with Crippen LogP contribution < -0.4 is 0 Å². The fourth-order valence-corrected chi connectivity index (χ4v) is 2.01. The summed E-state index contributed by atoms with van der Waals surface area (Å²) in [5, 5.41) is 0. The third-order valence-electron chi connectivity index (χ3n) is 2.98. The molecule has 1 nitrogen and oxygen atoms in total. The predicted molar refractivity (Wildman–Crippen MR) is 52.0 cm³/mol. The van der Waals surface area contributed by atoms with E-state index in [9.17, 15) is 0 Å².